The number of nitrogens with zero attached hydrogens (tertiary/aromatic N) is 3. The second kappa shape index (κ2) is 6.87. The molecule has 0 radical (unpaired) electrons. The SMILES string of the molecule is CCN(CCNCc1cnn(CCO)c1)C1CC1. The van der Waals surface area contributed by atoms with E-state index in [1.807, 2.05) is 12.4 Å². The Kier molecular flexibility index (Phi) is 5.16. The van der Waals surface area contributed by atoms with Gasteiger partial charge < -0.3 is 10.4 Å². The molecule has 1 aromatic rings. The minimum absolute atomic E-state index is 0.140. The summed E-state index contributed by atoms with van der Waals surface area (Å²) in [4.78, 5) is 2.54. The average molecular weight is 252 g/mol. The van der Waals surface area contributed by atoms with E-state index in [-0.39, 0.29) is 6.61 Å². The van der Waals surface area contributed by atoms with Gasteiger partial charge in [-0.2, -0.15) is 5.10 Å². The van der Waals surface area contributed by atoms with Gasteiger partial charge in [0.15, 0.2) is 0 Å². The van der Waals surface area contributed by atoms with Crippen LogP contribution in [0.2, 0.25) is 0 Å². The molecule has 1 aromatic heterocycles. The lowest BCUT2D eigenvalue weighted by Crippen LogP contribution is -2.33. The zero-order valence-electron chi connectivity index (χ0n) is 11.2. The summed E-state index contributed by atoms with van der Waals surface area (Å²) >= 11 is 0. The quantitative estimate of drug-likeness (QED) is 0.627. The number of hydrogen-bond donors (Lipinski definition) is 2. The Morgan fingerprint density at radius 3 is 3.06 bits per heavy atom. The van der Waals surface area contributed by atoms with Crippen LogP contribution in [0.25, 0.3) is 0 Å². The third-order valence-corrected chi connectivity index (χ3v) is 3.39. The van der Waals surface area contributed by atoms with Crippen molar-refractivity contribution in [2.24, 2.45) is 0 Å². The molecule has 1 heterocycles. The van der Waals surface area contributed by atoms with Crippen LogP contribution in [0.5, 0.6) is 0 Å². The van der Waals surface area contributed by atoms with Gasteiger partial charge in [-0.15, -0.1) is 0 Å². The fraction of sp³-hybridized carbons (Fsp3) is 0.769. The van der Waals surface area contributed by atoms with Crippen LogP contribution in [0.1, 0.15) is 25.3 Å². The molecular weight excluding hydrogens is 228 g/mol. The molecule has 0 amide bonds. The highest BCUT2D eigenvalue weighted by Crippen LogP contribution is 2.25. The number of likely N-dealkylation sites (N-methyl/N-ethyl adjacent to an activating group) is 1. The van der Waals surface area contributed by atoms with E-state index in [9.17, 15) is 0 Å². The molecule has 1 fully saturated rings. The highest BCUT2D eigenvalue weighted by Gasteiger charge is 2.26. The molecule has 2 rings (SSSR count). The maximum atomic E-state index is 8.81. The van der Waals surface area contributed by atoms with Crippen LogP contribution in [-0.2, 0) is 13.1 Å². The first-order chi connectivity index (χ1) is 8.83. The summed E-state index contributed by atoms with van der Waals surface area (Å²) in [5.41, 5.74) is 1.18. The number of rotatable bonds is 9. The van der Waals surface area contributed by atoms with Gasteiger partial charge in [-0.05, 0) is 19.4 Å². The van der Waals surface area contributed by atoms with Crippen LogP contribution in [-0.4, -0.2) is 52.1 Å². The summed E-state index contributed by atoms with van der Waals surface area (Å²) in [6, 6.07) is 0.851. The predicted octanol–water partition coefficient (Wildman–Crippen LogP) is 0.449. The van der Waals surface area contributed by atoms with Crippen molar-refractivity contribution in [2.75, 3.05) is 26.2 Å². The molecule has 1 aliphatic carbocycles. The molecule has 0 aliphatic heterocycles. The van der Waals surface area contributed by atoms with Crippen LogP contribution in [0, 0.1) is 0 Å². The van der Waals surface area contributed by atoms with Crippen LogP contribution in [0.4, 0.5) is 0 Å². The van der Waals surface area contributed by atoms with Crippen molar-refractivity contribution < 1.29 is 5.11 Å². The average Bonchev–Trinajstić information content (AvgIpc) is 3.11. The van der Waals surface area contributed by atoms with Gasteiger partial charge in [-0.25, -0.2) is 0 Å². The Hall–Kier alpha value is -0.910. The van der Waals surface area contributed by atoms with Crippen molar-refractivity contribution in [2.45, 2.75) is 38.9 Å². The monoisotopic (exact) mass is 252 g/mol. The summed E-state index contributed by atoms with van der Waals surface area (Å²) in [6.07, 6.45) is 6.60. The van der Waals surface area contributed by atoms with Crippen LogP contribution >= 0.6 is 0 Å². The Bertz CT molecular complexity index is 349. The molecule has 0 saturated heterocycles. The largest absolute Gasteiger partial charge is 0.394 e. The molecule has 1 saturated carbocycles. The maximum Gasteiger partial charge on any atom is 0.0640 e. The minimum Gasteiger partial charge on any atom is -0.394 e. The summed E-state index contributed by atoms with van der Waals surface area (Å²) in [5, 5.41) is 16.4. The molecule has 18 heavy (non-hydrogen) atoms. The van der Waals surface area contributed by atoms with Gasteiger partial charge in [0.05, 0.1) is 19.3 Å². The van der Waals surface area contributed by atoms with E-state index in [1.165, 1.54) is 18.4 Å². The van der Waals surface area contributed by atoms with Crippen LogP contribution in [0.3, 0.4) is 0 Å². The Morgan fingerprint density at radius 1 is 1.56 bits per heavy atom. The first-order valence-electron chi connectivity index (χ1n) is 6.90. The highest BCUT2D eigenvalue weighted by atomic mass is 16.3. The minimum atomic E-state index is 0.140. The zero-order valence-corrected chi connectivity index (χ0v) is 11.2. The van der Waals surface area contributed by atoms with Crippen molar-refractivity contribution >= 4 is 0 Å². The fourth-order valence-electron chi connectivity index (χ4n) is 2.22. The summed E-state index contributed by atoms with van der Waals surface area (Å²) in [6.45, 7) is 7.11. The smallest absolute Gasteiger partial charge is 0.0640 e. The van der Waals surface area contributed by atoms with Crippen LogP contribution < -0.4 is 5.32 Å². The molecule has 1 aliphatic rings. The first-order valence-corrected chi connectivity index (χ1v) is 6.90. The predicted molar refractivity (Wildman–Crippen MR) is 71.3 cm³/mol. The van der Waals surface area contributed by atoms with Crippen molar-refractivity contribution in [3.8, 4) is 0 Å². The summed E-state index contributed by atoms with van der Waals surface area (Å²) < 4.78 is 1.78. The topological polar surface area (TPSA) is 53.3 Å². The number of aliphatic hydroxyl groups is 1. The molecule has 2 N–H and O–H groups in total. The van der Waals surface area contributed by atoms with Gasteiger partial charge >= 0.3 is 0 Å². The normalized spacial score (nSPS) is 15.5. The van der Waals surface area contributed by atoms with Crippen molar-refractivity contribution in [3.05, 3.63) is 18.0 Å². The van der Waals surface area contributed by atoms with Gasteiger partial charge in [0.2, 0.25) is 0 Å². The molecule has 0 unspecified atom stereocenters. The molecule has 0 aromatic carbocycles. The Balaban J connectivity index is 1.61. The molecule has 5 heteroatoms. The second-order valence-corrected chi connectivity index (χ2v) is 4.87. The third kappa shape index (κ3) is 4.08. The summed E-state index contributed by atoms with van der Waals surface area (Å²) in [5.74, 6) is 0. The van der Waals surface area contributed by atoms with Gasteiger partial charge in [0.1, 0.15) is 0 Å². The lowest BCUT2D eigenvalue weighted by molar-refractivity contribution is 0.269. The van der Waals surface area contributed by atoms with Crippen molar-refractivity contribution in [3.63, 3.8) is 0 Å². The van der Waals surface area contributed by atoms with E-state index < -0.39 is 0 Å². The van der Waals surface area contributed by atoms with E-state index in [4.69, 9.17) is 5.11 Å². The Morgan fingerprint density at radius 2 is 2.39 bits per heavy atom. The molecule has 0 spiro atoms. The van der Waals surface area contributed by atoms with E-state index in [2.05, 4.69) is 22.2 Å². The van der Waals surface area contributed by atoms with Crippen LogP contribution in [0.15, 0.2) is 12.4 Å². The number of aromatic nitrogens is 2. The maximum absolute atomic E-state index is 8.81. The summed E-state index contributed by atoms with van der Waals surface area (Å²) in [7, 11) is 0. The second-order valence-electron chi connectivity index (χ2n) is 4.87. The molecule has 102 valence electrons. The zero-order chi connectivity index (χ0) is 12.8. The third-order valence-electron chi connectivity index (χ3n) is 3.39. The van der Waals surface area contributed by atoms with E-state index in [0.717, 1.165) is 32.2 Å². The molecule has 5 nitrogen and oxygen atoms in total. The number of nitrogens with one attached hydrogen (secondary N) is 1. The molecular formula is C13H24N4O. The highest BCUT2D eigenvalue weighted by molar-refractivity contribution is 5.03. The Labute approximate surface area is 109 Å². The van der Waals surface area contributed by atoms with Gasteiger partial charge in [-0.1, -0.05) is 6.92 Å². The lowest BCUT2D eigenvalue weighted by Gasteiger charge is -2.19. The number of hydrogen-bond acceptors (Lipinski definition) is 4. The van der Waals surface area contributed by atoms with Gasteiger partial charge in [-0.3, -0.25) is 9.58 Å². The van der Waals surface area contributed by atoms with Gasteiger partial charge in [0.25, 0.3) is 0 Å². The molecule has 0 bridgehead atoms. The van der Waals surface area contributed by atoms with E-state index >= 15 is 0 Å². The van der Waals surface area contributed by atoms with E-state index in [1.54, 1.807) is 4.68 Å². The lowest BCUT2D eigenvalue weighted by atomic mass is 10.3. The first kappa shape index (κ1) is 13.5. The fourth-order valence-corrected chi connectivity index (χ4v) is 2.22. The number of aliphatic hydroxyl groups excluding tert-OH is 1. The van der Waals surface area contributed by atoms with Gasteiger partial charge in [0, 0.05) is 37.4 Å². The van der Waals surface area contributed by atoms with Crippen molar-refractivity contribution in [1.29, 1.82) is 0 Å². The molecule has 0 atom stereocenters. The van der Waals surface area contributed by atoms with Crippen molar-refractivity contribution in [1.82, 2.24) is 20.0 Å². The van der Waals surface area contributed by atoms with E-state index in [0.29, 0.717) is 6.54 Å². The standard InChI is InChI=1S/C13H24N4O/c1-2-16(13-3-4-13)6-5-14-9-12-10-15-17(11-12)7-8-18/h10-11,13-14,18H,2-9H2,1H3.